The Morgan fingerprint density at radius 1 is 0.867 bits per heavy atom. The van der Waals surface area contributed by atoms with Gasteiger partial charge < -0.3 is 9.47 Å². The number of hydrogen-bond acceptors (Lipinski definition) is 7. The molecule has 0 N–H and O–H groups in total. The normalized spacial score (nSPS) is 20.5. The molecule has 0 saturated heterocycles. The number of halogens is 2. The first kappa shape index (κ1) is 32.5. The van der Waals surface area contributed by atoms with E-state index in [1.807, 2.05) is 0 Å². The highest BCUT2D eigenvalue weighted by atomic mass is 79.9. The number of Topliss-reactive ketones (excluding diaryl/α,β-unsaturated/α-hetero) is 2. The van der Waals surface area contributed by atoms with Gasteiger partial charge in [-0.15, -0.1) is 0 Å². The Kier molecular flexibility index (Phi) is 9.01. The van der Waals surface area contributed by atoms with E-state index < -0.39 is 46.6 Å². The predicted molar refractivity (Wildman–Crippen MR) is 175 cm³/mol. The Hall–Kier alpha value is -3.89. The van der Waals surface area contributed by atoms with E-state index >= 15 is 0 Å². The van der Waals surface area contributed by atoms with Crippen molar-refractivity contribution in [1.82, 2.24) is 0 Å². The molecule has 1 heterocycles. The lowest BCUT2D eigenvalue weighted by molar-refractivity contribution is -0.151. The zero-order chi connectivity index (χ0) is 32.7. The fourth-order valence-corrected chi connectivity index (χ4v) is 6.67. The summed E-state index contributed by atoms with van der Waals surface area (Å²) in [6, 6.07) is 20.0. The molecule has 232 valence electrons. The molecule has 0 saturated carbocycles. The lowest BCUT2D eigenvalue weighted by atomic mass is 9.64. The first-order valence-corrected chi connectivity index (χ1v) is 16.0. The van der Waals surface area contributed by atoms with Crippen molar-refractivity contribution in [2.24, 2.45) is 11.8 Å². The summed E-state index contributed by atoms with van der Waals surface area (Å²) in [7, 11) is 0. The van der Waals surface area contributed by atoms with Crippen molar-refractivity contribution in [1.29, 1.82) is 0 Å². The third-order valence-corrected chi connectivity index (χ3v) is 8.98. The maximum Gasteiger partial charge on any atom is 0.421 e. The molecule has 2 aliphatic rings. The van der Waals surface area contributed by atoms with Gasteiger partial charge in [-0.3, -0.25) is 19.2 Å². The van der Waals surface area contributed by atoms with Gasteiger partial charge in [-0.1, -0.05) is 68.3 Å². The lowest BCUT2D eigenvalue weighted by Gasteiger charge is -2.35. The van der Waals surface area contributed by atoms with Gasteiger partial charge in [-0.25, -0.2) is 9.69 Å². The van der Waals surface area contributed by atoms with E-state index in [1.165, 1.54) is 0 Å². The summed E-state index contributed by atoms with van der Waals surface area (Å²) >= 11 is 6.76. The highest BCUT2D eigenvalue weighted by Crippen LogP contribution is 2.59. The van der Waals surface area contributed by atoms with Crippen molar-refractivity contribution < 1.29 is 33.4 Å². The number of ketones is 2. The summed E-state index contributed by atoms with van der Waals surface area (Å²) < 4.78 is 12.7. The van der Waals surface area contributed by atoms with Crippen LogP contribution in [0.15, 0.2) is 93.4 Å². The summed E-state index contributed by atoms with van der Waals surface area (Å²) in [6.07, 6.45) is 0.400. The molecule has 1 aliphatic heterocycles. The molecule has 3 atom stereocenters. The SMILES string of the molecule is CCOC(=O)[C@@H]1C(C(=O)c2ccc(Br)cc2)=C[C@@H](CC(=O)c2ccc(Br)cc2)[C@@]12C(=O)N(C(=O)OC(C)(C)C)c1ccccc12. The Morgan fingerprint density at radius 3 is 2.02 bits per heavy atom. The topological polar surface area (TPSA) is 107 Å². The minimum Gasteiger partial charge on any atom is -0.465 e. The number of ether oxygens (including phenoxy) is 2. The number of carbonyl (C=O) groups excluding carboxylic acids is 5. The van der Waals surface area contributed by atoms with E-state index in [0.29, 0.717) is 11.1 Å². The van der Waals surface area contributed by atoms with E-state index in [-0.39, 0.29) is 35.6 Å². The maximum atomic E-state index is 14.9. The van der Waals surface area contributed by atoms with Gasteiger partial charge in [0.15, 0.2) is 11.6 Å². The fraction of sp³-hybridized carbons (Fsp3) is 0.286. The van der Waals surface area contributed by atoms with Crippen molar-refractivity contribution in [2.45, 2.75) is 45.1 Å². The minimum atomic E-state index is -1.84. The molecule has 1 aliphatic carbocycles. The van der Waals surface area contributed by atoms with Crippen LogP contribution in [-0.4, -0.2) is 41.7 Å². The van der Waals surface area contributed by atoms with E-state index in [1.54, 1.807) is 107 Å². The fourth-order valence-electron chi connectivity index (χ4n) is 6.14. The van der Waals surface area contributed by atoms with Crippen molar-refractivity contribution in [3.8, 4) is 0 Å². The summed E-state index contributed by atoms with van der Waals surface area (Å²) in [5.74, 6) is -4.79. The van der Waals surface area contributed by atoms with Gasteiger partial charge in [-0.05, 0) is 75.7 Å². The number of benzene rings is 3. The van der Waals surface area contributed by atoms with Crippen LogP contribution in [0.3, 0.4) is 0 Å². The maximum absolute atomic E-state index is 14.9. The molecule has 0 aromatic heterocycles. The Balaban J connectivity index is 1.74. The van der Waals surface area contributed by atoms with E-state index in [9.17, 15) is 24.0 Å². The van der Waals surface area contributed by atoms with Crippen LogP contribution in [0, 0.1) is 11.8 Å². The number of fused-ring (bicyclic) bond motifs is 2. The zero-order valence-corrected chi connectivity index (χ0v) is 28.3. The van der Waals surface area contributed by atoms with E-state index in [2.05, 4.69) is 31.9 Å². The molecule has 2 amide bonds. The number of imide groups is 1. The Labute approximate surface area is 278 Å². The van der Waals surface area contributed by atoms with Gasteiger partial charge in [0.1, 0.15) is 16.9 Å². The largest absolute Gasteiger partial charge is 0.465 e. The molecule has 3 aromatic rings. The lowest BCUT2D eigenvalue weighted by Crippen LogP contribution is -2.53. The number of hydrogen-bond donors (Lipinski definition) is 0. The van der Waals surface area contributed by atoms with Gasteiger partial charge in [0.2, 0.25) is 5.91 Å². The van der Waals surface area contributed by atoms with Crippen LogP contribution < -0.4 is 4.90 Å². The average molecular weight is 737 g/mol. The molecule has 0 bridgehead atoms. The van der Waals surface area contributed by atoms with Crippen LogP contribution in [0.4, 0.5) is 10.5 Å². The van der Waals surface area contributed by atoms with Crippen LogP contribution in [0.25, 0.3) is 0 Å². The number of nitrogens with zero attached hydrogens (tertiary/aromatic N) is 1. The summed E-state index contributed by atoms with van der Waals surface area (Å²) in [5, 5.41) is 0. The molecular formula is C35H31Br2NO7. The second-order valence-corrected chi connectivity index (χ2v) is 13.7. The number of anilines is 1. The number of esters is 1. The third-order valence-electron chi connectivity index (χ3n) is 7.92. The Bertz CT molecular complexity index is 1720. The second-order valence-electron chi connectivity index (χ2n) is 11.9. The van der Waals surface area contributed by atoms with Crippen LogP contribution in [0.1, 0.15) is 60.4 Å². The standard InChI is InChI=1S/C35H31Br2NO7/c1-5-44-31(41)29-25(30(40)21-12-16-24(37)17-13-21)18-22(19-28(39)20-10-14-23(36)15-11-20)35(29)26-8-6-7-9-27(26)38(32(35)42)33(43)45-34(2,3)4/h6-18,22,29H,5,19H2,1-4H3/t22-,29-,35-/m0/s1. The number of para-hydroxylation sites is 1. The highest BCUT2D eigenvalue weighted by Gasteiger charge is 2.67. The van der Waals surface area contributed by atoms with Gasteiger partial charge in [0.25, 0.3) is 0 Å². The molecule has 8 nitrogen and oxygen atoms in total. The van der Waals surface area contributed by atoms with Crippen LogP contribution in [-0.2, 0) is 24.5 Å². The molecule has 10 heteroatoms. The molecule has 0 fully saturated rings. The number of rotatable bonds is 7. The summed E-state index contributed by atoms with van der Waals surface area (Å²) in [6.45, 7) is 6.66. The molecule has 0 unspecified atom stereocenters. The predicted octanol–water partition coefficient (Wildman–Crippen LogP) is 7.62. The summed E-state index contributed by atoms with van der Waals surface area (Å²) in [5.41, 5.74) is -1.51. The molecule has 1 spiro atoms. The van der Waals surface area contributed by atoms with Crippen LogP contribution >= 0.6 is 31.9 Å². The van der Waals surface area contributed by atoms with Gasteiger partial charge in [0.05, 0.1) is 12.3 Å². The monoisotopic (exact) mass is 735 g/mol. The van der Waals surface area contributed by atoms with E-state index in [4.69, 9.17) is 9.47 Å². The molecule has 0 radical (unpaired) electrons. The van der Waals surface area contributed by atoms with E-state index in [0.717, 1.165) is 13.8 Å². The van der Waals surface area contributed by atoms with Gasteiger partial charge in [-0.2, -0.15) is 0 Å². The number of allylic oxidation sites excluding steroid dienone is 1. The molecule has 45 heavy (non-hydrogen) atoms. The first-order chi connectivity index (χ1) is 21.3. The third kappa shape index (κ3) is 5.93. The first-order valence-electron chi connectivity index (χ1n) is 14.4. The van der Waals surface area contributed by atoms with Crippen LogP contribution in [0.5, 0.6) is 0 Å². The minimum absolute atomic E-state index is 0.0146. The van der Waals surface area contributed by atoms with Crippen molar-refractivity contribution in [2.75, 3.05) is 11.5 Å². The second kappa shape index (κ2) is 12.5. The van der Waals surface area contributed by atoms with Gasteiger partial charge in [0, 0.05) is 38.0 Å². The summed E-state index contributed by atoms with van der Waals surface area (Å²) in [4.78, 5) is 71.4. The Morgan fingerprint density at radius 2 is 1.44 bits per heavy atom. The quantitative estimate of drug-likeness (QED) is 0.182. The smallest absolute Gasteiger partial charge is 0.421 e. The highest BCUT2D eigenvalue weighted by molar-refractivity contribution is 9.10. The average Bonchev–Trinajstić information content (AvgIpc) is 3.45. The zero-order valence-electron chi connectivity index (χ0n) is 25.1. The van der Waals surface area contributed by atoms with Gasteiger partial charge >= 0.3 is 12.1 Å². The number of amides is 2. The van der Waals surface area contributed by atoms with Crippen molar-refractivity contribution >= 4 is 67.1 Å². The molecule has 5 rings (SSSR count). The molecule has 3 aromatic carbocycles. The van der Waals surface area contributed by atoms with Crippen molar-refractivity contribution in [3.63, 3.8) is 0 Å². The van der Waals surface area contributed by atoms with Crippen LogP contribution in [0.2, 0.25) is 0 Å². The molecular weight excluding hydrogens is 706 g/mol. The van der Waals surface area contributed by atoms with Crippen molar-refractivity contribution in [3.05, 3.63) is 110 Å². The number of carbonyl (C=O) groups is 5.